The Morgan fingerprint density at radius 3 is 2.69 bits per heavy atom. The molecule has 2 heterocycles. The molecule has 0 aromatic heterocycles. The van der Waals surface area contributed by atoms with Crippen molar-refractivity contribution < 1.29 is 19.2 Å². The first-order valence-corrected chi connectivity index (χ1v) is 12.9. The third kappa shape index (κ3) is 5.42. The molecule has 2 aliphatic heterocycles. The molecule has 0 saturated carbocycles. The molecule has 0 atom stereocenters. The molecule has 0 radical (unpaired) electrons. The van der Waals surface area contributed by atoms with E-state index in [1.165, 1.54) is 4.90 Å². The first-order valence-electron chi connectivity index (χ1n) is 12.1. The molecule has 3 aromatic carbocycles. The predicted octanol–water partition coefficient (Wildman–Crippen LogP) is 2.95. The van der Waals surface area contributed by atoms with Crippen LogP contribution in [0.25, 0.3) is 0 Å². The van der Waals surface area contributed by atoms with Gasteiger partial charge in [-0.2, -0.15) is 0 Å². The molecule has 7 heteroatoms. The van der Waals surface area contributed by atoms with Gasteiger partial charge in [-0.25, -0.2) is 0 Å². The van der Waals surface area contributed by atoms with Crippen LogP contribution >= 0.6 is 11.8 Å². The number of carbonyl (C=O) groups is 2. The molecule has 5 rings (SSSR count). The van der Waals surface area contributed by atoms with Crippen molar-refractivity contribution in [2.75, 3.05) is 44.3 Å². The molecule has 2 amide bonds. The van der Waals surface area contributed by atoms with E-state index in [1.807, 2.05) is 67.6 Å². The Labute approximate surface area is 210 Å². The fraction of sp³-hybridized carbons (Fsp3) is 0.286. The van der Waals surface area contributed by atoms with Crippen molar-refractivity contribution in [2.24, 2.45) is 0 Å². The number of rotatable bonds is 6. The second-order valence-corrected chi connectivity index (χ2v) is 10.1. The average molecular weight is 489 g/mol. The van der Waals surface area contributed by atoms with Gasteiger partial charge in [-0.05, 0) is 42.8 Å². The maximum absolute atomic E-state index is 13.7. The van der Waals surface area contributed by atoms with E-state index >= 15 is 0 Å². The van der Waals surface area contributed by atoms with Gasteiger partial charge in [0.2, 0.25) is 0 Å². The summed E-state index contributed by atoms with van der Waals surface area (Å²) in [5, 5.41) is 3.06. The highest BCUT2D eigenvalue weighted by Crippen LogP contribution is 2.42. The van der Waals surface area contributed by atoms with Crippen LogP contribution in [0.15, 0.2) is 76.5 Å². The monoisotopic (exact) mass is 488 g/mol. The number of carbonyl (C=O) groups excluding carboxylic acids is 2. The summed E-state index contributed by atoms with van der Waals surface area (Å²) in [6, 6.07) is 21.6. The number of quaternary nitrogens is 1. The van der Waals surface area contributed by atoms with Gasteiger partial charge in [0.1, 0.15) is 13.1 Å². The number of fused-ring (bicyclic) bond motifs is 2. The largest absolute Gasteiger partial charge is 0.370 e. The number of amides is 2. The van der Waals surface area contributed by atoms with Crippen LogP contribution in [0.2, 0.25) is 0 Å². The minimum atomic E-state index is -0.116. The number of nitrogens with zero attached hydrogens (tertiary/aromatic N) is 1. The standard InChI is InChI=1S/C28H29N3O3S/c1-20-5-4-6-21(17-20)19-31-24-18-22(27(32)29-11-12-30-13-15-34-16-14-30)9-10-26(24)35-25-8-3-2-7-23(25)28(31)33/h2-10,17-18H,11-16,19H2,1H3,(H,29,32)/p+1. The van der Waals surface area contributed by atoms with E-state index < -0.39 is 0 Å². The lowest BCUT2D eigenvalue weighted by Gasteiger charge is -2.24. The number of nitrogens with one attached hydrogen (secondary N) is 2. The third-order valence-electron chi connectivity index (χ3n) is 6.48. The number of anilines is 1. The quantitative estimate of drug-likeness (QED) is 0.560. The van der Waals surface area contributed by atoms with Crippen LogP contribution in [-0.2, 0) is 11.3 Å². The highest BCUT2D eigenvalue weighted by atomic mass is 32.2. The molecule has 180 valence electrons. The van der Waals surface area contributed by atoms with Crippen molar-refractivity contribution in [1.82, 2.24) is 5.32 Å². The Balaban J connectivity index is 1.41. The maximum Gasteiger partial charge on any atom is 0.259 e. The zero-order chi connectivity index (χ0) is 24.2. The van der Waals surface area contributed by atoms with Gasteiger partial charge in [0.25, 0.3) is 11.8 Å². The summed E-state index contributed by atoms with van der Waals surface area (Å²) < 4.78 is 5.41. The fourth-order valence-electron chi connectivity index (χ4n) is 4.58. The maximum atomic E-state index is 13.7. The lowest BCUT2D eigenvalue weighted by atomic mass is 10.1. The van der Waals surface area contributed by atoms with Gasteiger partial charge in [-0.15, -0.1) is 0 Å². The molecule has 3 aromatic rings. The molecule has 0 unspecified atom stereocenters. The van der Waals surface area contributed by atoms with Crippen LogP contribution in [0.3, 0.4) is 0 Å². The van der Waals surface area contributed by atoms with Gasteiger partial charge < -0.3 is 19.9 Å². The molecule has 35 heavy (non-hydrogen) atoms. The van der Waals surface area contributed by atoms with Crippen LogP contribution in [-0.4, -0.2) is 51.2 Å². The molecule has 0 spiro atoms. The number of ether oxygens (including phenoxy) is 1. The summed E-state index contributed by atoms with van der Waals surface area (Å²) in [6.45, 7) is 7.48. The molecule has 6 nitrogen and oxygen atoms in total. The molecule has 1 fully saturated rings. The van der Waals surface area contributed by atoms with Gasteiger partial charge in [0.15, 0.2) is 0 Å². The van der Waals surface area contributed by atoms with Gasteiger partial charge in [0.05, 0.1) is 44.1 Å². The van der Waals surface area contributed by atoms with Gasteiger partial charge in [-0.3, -0.25) is 9.59 Å². The minimum Gasteiger partial charge on any atom is -0.370 e. The fourth-order valence-corrected chi connectivity index (χ4v) is 5.64. The second kappa shape index (κ2) is 10.6. The first-order chi connectivity index (χ1) is 17.1. The van der Waals surface area contributed by atoms with Crippen molar-refractivity contribution >= 4 is 29.3 Å². The molecule has 0 bridgehead atoms. The van der Waals surface area contributed by atoms with Crippen molar-refractivity contribution in [3.8, 4) is 0 Å². The molecule has 2 aliphatic rings. The molecule has 0 aliphatic carbocycles. The van der Waals surface area contributed by atoms with Crippen LogP contribution in [0, 0.1) is 6.92 Å². The lowest BCUT2D eigenvalue weighted by molar-refractivity contribution is -0.906. The van der Waals surface area contributed by atoms with Gasteiger partial charge in [-0.1, -0.05) is 53.7 Å². The molecule has 1 saturated heterocycles. The Morgan fingerprint density at radius 1 is 1.03 bits per heavy atom. The summed E-state index contributed by atoms with van der Waals surface area (Å²) in [5.41, 5.74) is 4.21. The summed E-state index contributed by atoms with van der Waals surface area (Å²) in [4.78, 5) is 31.9. The Morgan fingerprint density at radius 2 is 1.86 bits per heavy atom. The molecule has 2 N–H and O–H groups in total. The van der Waals surface area contributed by atoms with E-state index in [9.17, 15) is 9.59 Å². The third-order valence-corrected chi connectivity index (χ3v) is 7.62. The van der Waals surface area contributed by atoms with Gasteiger partial charge in [0, 0.05) is 15.4 Å². The Bertz CT molecular complexity index is 1240. The van der Waals surface area contributed by atoms with Crippen molar-refractivity contribution in [3.63, 3.8) is 0 Å². The summed E-state index contributed by atoms with van der Waals surface area (Å²) in [7, 11) is 0. The number of hydrogen-bond donors (Lipinski definition) is 2. The predicted molar refractivity (Wildman–Crippen MR) is 137 cm³/mol. The second-order valence-electron chi connectivity index (χ2n) is 9.03. The summed E-state index contributed by atoms with van der Waals surface area (Å²) in [5.74, 6) is -0.169. The number of aryl methyl sites for hydroxylation is 1. The highest BCUT2D eigenvalue weighted by Gasteiger charge is 2.28. The summed E-state index contributed by atoms with van der Waals surface area (Å²) >= 11 is 1.57. The van der Waals surface area contributed by atoms with E-state index in [-0.39, 0.29) is 11.8 Å². The first kappa shape index (κ1) is 23.6. The Hall–Kier alpha value is -3.13. The van der Waals surface area contributed by atoms with E-state index in [1.54, 1.807) is 16.7 Å². The SMILES string of the molecule is Cc1cccc(CN2C(=O)c3ccccc3Sc3ccc(C(=O)NCC[NH+]4CCOCC4)cc32)c1. The van der Waals surface area contributed by atoms with E-state index in [0.29, 0.717) is 24.2 Å². The number of morpholine rings is 1. The molecular weight excluding hydrogens is 458 g/mol. The minimum absolute atomic E-state index is 0.0539. The van der Waals surface area contributed by atoms with Crippen LogP contribution in [0.5, 0.6) is 0 Å². The van der Waals surface area contributed by atoms with Crippen molar-refractivity contribution in [2.45, 2.75) is 23.3 Å². The highest BCUT2D eigenvalue weighted by molar-refractivity contribution is 7.99. The Kier molecular flexibility index (Phi) is 7.18. The van der Waals surface area contributed by atoms with Crippen LogP contribution in [0.1, 0.15) is 31.8 Å². The van der Waals surface area contributed by atoms with E-state index in [4.69, 9.17) is 4.74 Å². The van der Waals surface area contributed by atoms with Gasteiger partial charge >= 0.3 is 0 Å². The van der Waals surface area contributed by atoms with E-state index in [0.717, 1.165) is 59.5 Å². The smallest absolute Gasteiger partial charge is 0.259 e. The molecular formula is C28H30N3O3S+. The number of hydrogen-bond acceptors (Lipinski definition) is 4. The zero-order valence-corrected chi connectivity index (χ0v) is 20.7. The lowest BCUT2D eigenvalue weighted by Crippen LogP contribution is -3.14. The van der Waals surface area contributed by atoms with Crippen molar-refractivity contribution in [3.05, 3.63) is 89.0 Å². The topological polar surface area (TPSA) is 63.1 Å². The van der Waals surface area contributed by atoms with Crippen LogP contribution < -0.4 is 15.1 Å². The van der Waals surface area contributed by atoms with E-state index in [2.05, 4.69) is 11.4 Å². The zero-order valence-electron chi connectivity index (χ0n) is 19.9. The van der Waals surface area contributed by atoms with Crippen molar-refractivity contribution in [1.29, 1.82) is 0 Å². The average Bonchev–Trinajstić information content (AvgIpc) is 2.99. The normalized spacial score (nSPS) is 15.8. The van der Waals surface area contributed by atoms with Crippen LogP contribution in [0.4, 0.5) is 5.69 Å². The summed E-state index contributed by atoms with van der Waals surface area (Å²) in [6.07, 6.45) is 0. The number of benzene rings is 3.